The van der Waals surface area contributed by atoms with E-state index in [1.807, 2.05) is 6.92 Å². The van der Waals surface area contributed by atoms with Crippen LogP contribution in [0.25, 0.3) is 0 Å². The zero-order valence-electron chi connectivity index (χ0n) is 12.5. The molecule has 21 heavy (non-hydrogen) atoms. The number of ether oxygens (including phenoxy) is 2. The Balaban J connectivity index is 1.83. The molecule has 2 aliphatic rings. The first kappa shape index (κ1) is 15.3. The molecular weight excluding hydrogens is 332 g/mol. The van der Waals surface area contributed by atoms with Crippen LogP contribution in [0.2, 0.25) is 0 Å². The number of fused-ring (bicyclic) bond motifs is 1. The van der Waals surface area contributed by atoms with Gasteiger partial charge in [0.15, 0.2) is 0 Å². The summed E-state index contributed by atoms with van der Waals surface area (Å²) in [6, 6.07) is 4.19. The van der Waals surface area contributed by atoms with Gasteiger partial charge in [0.05, 0.1) is 18.3 Å². The Hall–Kier alpha value is -0.580. The molecule has 1 aliphatic carbocycles. The van der Waals surface area contributed by atoms with Gasteiger partial charge in [-0.05, 0) is 43.0 Å². The lowest BCUT2D eigenvalue weighted by Gasteiger charge is -2.34. The average molecular weight is 355 g/mol. The van der Waals surface area contributed by atoms with Gasteiger partial charge in [0.1, 0.15) is 5.75 Å². The maximum Gasteiger partial charge on any atom is 0.125 e. The van der Waals surface area contributed by atoms with Crippen LogP contribution in [0.3, 0.4) is 0 Å². The highest BCUT2D eigenvalue weighted by Gasteiger charge is 2.41. The standard InChI is InChI=1S/C17H23BrO3/c1-2-21-17(6-3-4-7-17)15(19)11-13-10-14(18)9-12-5-8-20-16(12)13/h9-10,15,19H,2-8,11H2,1H3. The molecule has 1 aliphatic heterocycles. The maximum absolute atomic E-state index is 10.8. The van der Waals surface area contributed by atoms with E-state index in [4.69, 9.17) is 9.47 Å². The van der Waals surface area contributed by atoms with Crippen LogP contribution in [0, 0.1) is 0 Å². The molecule has 3 nitrogen and oxygen atoms in total. The van der Waals surface area contributed by atoms with E-state index in [0.717, 1.165) is 54.5 Å². The Morgan fingerprint density at radius 1 is 1.38 bits per heavy atom. The number of aliphatic hydroxyl groups excluding tert-OH is 1. The molecule has 1 aromatic rings. The van der Waals surface area contributed by atoms with Gasteiger partial charge < -0.3 is 14.6 Å². The Labute approximate surface area is 134 Å². The van der Waals surface area contributed by atoms with Gasteiger partial charge in [-0.3, -0.25) is 0 Å². The smallest absolute Gasteiger partial charge is 0.125 e. The van der Waals surface area contributed by atoms with Gasteiger partial charge in [-0.1, -0.05) is 28.8 Å². The summed E-state index contributed by atoms with van der Waals surface area (Å²) in [7, 11) is 0. The van der Waals surface area contributed by atoms with Gasteiger partial charge >= 0.3 is 0 Å². The summed E-state index contributed by atoms with van der Waals surface area (Å²) < 4.78 is 12.8. The summed E-state index contributed by atoms with van der Waals surface area (Å²) in [5, 5.41) is 10.8. The Kier molecular flexibility index (Phi) is 4.57. The van der Waals surface area contributed by atoms with Crippen LogP contribution in [0.1, 0.15) is 43.7 Å². The number of halogens is 1. The lowest BCUT2D eigenvalue weighted by atomic mass is 9.89. The van der Waals surface area contributed by atoms with E-state index in [-0.39, 0.29) is 5.60 Å². The molecule has 1 unspecified atom stereocenters. The minimum atomic E-state index is -0.470. The van der Waals surface area contributed by atoms with Gasteiger partial charge in [0, 0.05) is 23.9 Å². The number of rotatable bonds is 5. The lowest BCUT2D eigenvalue weighted by Crippen LogP contribution is -2.43. The third kappa shape index (κ3) is 2.99. The number of aliphatic hydroxyl groups is 1. The van der Waals surface area contributed by atoms with Crippen molar-refractivity contribution in [3.05, 3.63) is 27.7 Å². The van der Waals surface area contributed by atoms with E-state index in [1.165, 1.54) is 5.56 Å². The maximum atomic E-state index is 10.8. The highest BCUT2D eigenvalue weighted by Crippen LogP contribution is 2.40. The summed E-state index contributed by atoms with van der Waals surface area (Å²) in [4.78, 5) is 0. The van der Waals surface area contributed by atoms with Gasteiger partial charge in [-0.15, -0.1) is 0 Å². The molecule has 1 atom stereocenters. The van der Waals surface area contributed by atoms with Crippen LogP contribution in [0.4, 0.5) is 0 Å². The van der Waals surface area contributed by atoms with Gasteiger partial charge in [0.2, 0.25) is 0 Å². The first-order chi connectivity index (χ1) is 10.1. The minimum Gasteiger partial charge on any atom is -0.493 e. The quantitative estimate of drug-likeness (QED) is 0.877. The van der Waals surface area contributed by atoms with Crippen LogP contribution in [-0.4, -0.2) is 30.0 Å². The molecule has 0 saturated heterocycles. The third-order valence-corrected chi connectivity index (χ3v) is 5.19. The Morgan fingerprint density at radius 3 is 2.86 bits per heavy atom. The van der Waals surface area contributed by atoms with E-state index in [1.54, 1.807) is 0 Å². The molecule has 4 heteroatoms. The van der Waals surface area contributed by atoms with Crippen molar-refractivity contribution in [2.75, 3.05) is 13.2 Å². The highest BCUT2D eigenvalue weighted by atomic mass is 79.9. The highest BCUT2D eigenvalue weighted by molar-refractivity contribution is 9.10. The molecule has 1 fully saturated rings. The molecule has 0 bridgehead atoms. The van der Waals surface area contributed by atoms with Crippen LogP contribution in [0.15, 0.2) is 16.6 Å². The summed E-state index contributed by atoms with van der Waals surface area (Å²) in [6.07, 6.45) is 5.28. The van der Waals surface area contributed by atoms with E-state index in [2.05, 4.69) is 28.1 Å². The monoisotopic (exact) mass is 354 g/mol. The summed E-state index contributed by atoms with van der Waals surface area (Å²) in [5.41, 5.74) is 1.97. The lowest BCUT2D eigenvalue weighted by molar-refractivity contribution is -0.115. The zero-order valence-corrected chi connectivity index (χ0v) is 14.1. The largest absolute Gasteiger partial charge is 0.493 e. The molecule has 1 saturated carbocycles. The second-order valence-electron chi connectivity index (χ2n) is 6.08. The van der Waals surface area contributed by atoms with Gasteiger partial charge in [-0.25, -0.2) is 0 Å². The Morgan fingerprint density at radius 2 is 2.14 bits per heavy atom. The van der Waals surface area contributed by atoms with Crippen molar-refractivity contribution in [2.24, 2.45) is 0 Å². The van der Waals surface area contributed by atoms with Crippen LogP contribution in [0.5, 0.6) is 5.75 Å². The molecular formula is C17H23BrO3. The van der Waals surface area contributed by atoms with Gasteiger partial charge in [0.25, 0.3) is 0 Å². The summed E-state index contributed by atoms with van der Waals surface area (Å²) in [5.74, 6) is 0.974. The fourth-order valence-corrected chi connectivity index (χ4v) is 4.28. The van der Waals surface area contributed by atoms with Gasteiger partial charge in [-0.2, -0.15) is 0 Å². The molecule has 1 N–H and O–H groups in total. The predicted octanol–water partition coefficient (Wildman–Crippen LogP) is 3.64. The predicted molar refractivity (Wildman–Crippen MR) is 85.9 cm³/mol. The molecule has 1 heterocycles. The van der Waals surface area contributed by atoms with E-state index < -0.39 is 6.10 Å². The van der Waals surface area contributed by atoms with Crippen molar-refractivity contribution in [2.45, 2.75) is 57.2 Å². The Bertz CT molecular complexity index is 509. The van der Waals surface area contributed by atoms with Crippen molar-refractivity contribution < 1.29 is 14.6 Å². The normalized spacial score (nSPS) is 21.1. The number of hydrogen-bond acceptors (Lipinski definition) is 3. The number of benzene rings is 1. The molecule has 0 aromatic heterocycles. The fraction of sp³-hybridized carbons (Fsp3) is 0.647. The molecule has 1 aromatic carbocycles. The van der Waals surface area contributed by atoms with Crippen molar-refractivity contribution >= 4 is 15.9 Å². The molecule has 0 radical (unpaired) electrons. The van der Waals surface area contributed by atoms with Crippen LogP contribution in [-0.2, 0) is 17.6 Å². The zero-order chi connectivity index (χ0) is 14.9. The second-order valence-corrected chi connectivity index (χ2v) is 6.99. The van der Waals surface area contributed by atoms with Crippen LogP contribution >= 0.6 is 15.9 Å². The minimum absolute atomic E-state index is 0.359. The van der Waals surface area contributed by atoms with E-state index >= 15 is 0 Å². The molecule has 3 rings (SSSR count). The van der Waals surface area contributed by atoms with Crippen molar-refractivity contribution in [3.63, 3.8) is 0 Å². The summed E-state index contributed by atoms with van der Waals surface area (Å²) in [6.45, 7) is 3.41. The second kappa shape index (κ2) is 6.27. The van der Waals surface area contributed by atoms with Crippen molar-refractivity contribution in [1.29, 1.82) is 0 Å². The third-order valence-electron chi connectivity index (χ3n) is 4.73. The molecule has 0 spiro atoms. The number of hydrogen-bond donors (Lipinski definition) is 1. The fourth-order valence-electron chi connectivity index (χ4n) is 3.73. The summed E-state index contributed by atoms with van der Waals surface area (Å²) >= 11 is 3.56. The van der Waals surface area contributed by atoms with E-state index in [9.17, 15) is 5.11 Å². The SMILES string of the molecule is CCOC1(C(O)Cc2cc(Br)cc3c2OCC3)CCCC1. The molecule has 116 valence electrons. The average Bonchev–Trinajstić information content (AvgIpc) is 3.08. The first-order valence-corrected chi connectivity index (χ1v) is 8.70. The van der Waals surface area contributed by atoms with Crippen molar-refractivity contribution in [3.8, 4) is 5.75 Å². The molecule has 0 amide bonds. The van der Waals surface area contributed by atoms with E-state index in [0.29, 0.717) is 13.0 Å². The topological polar surface area (TPSA) is 38.7 Å². The first-order valence-electron chi connectivity index (χ1n) is 7.91. The van der Waals surface area contributed by atoms with Crippen LogP contribution < -0.4 is 4.74 Å². The van der Waals surface area contributed by atoms with Crippen molar-refractivity contribution in [1.82, 2.24) is 0 Å².